The molecule has 0 aliphatic heterocycles. The molecule has 0 saturated carbocycles. The van der Waals surface area contributed by atoms with E-state index in [0.29, 0.717) is 0 Å². The fraction of sp³-hybridized carbons (Fsp3) is 0.429. The summed E-state index contributed by atoms with van der Waals surface area (Å²) >= 11 is 0. The number of methoxy groups -OCH3 is 1. The van der Waals surface area contributed by atoms with E-state index in [9.17, 15) is 18.4 Å². The van der Waals surface area contributed by atoms with Gasteiger partial charge in [0.15, 0.2) is 11.5 Å². The first-order valence-corrected chi connectivity index (χ1v) is 6.41. The van der Waals surface area contributed by atoms with Gasteiger partial charge in [-0.1, -0.05) is 0 Å². The van der Waals surface area contributed by atoms with Gasteiger partial charge in [0.25, 0.3) is 5.91 Å². The summed E-state index contributed by atoms with van der Waals surface area (Å²) in [5, 5.41) is 8.85. The number of alkyl halides is 2. The average Bonchev–Trinajstić information content (AvgIpc) is 2.43. The molecule has 0 aliphatic carbocycles. The molecule has 6 nitrogen and oxygen atoms in total. The highest BCUT2D eigenvalue weighted by atomic mass is 19.3. The Hall–Kier alpha value is -2.38. The lowest BCUT2D eigenvalue weighted by molar-refractivity contribution is -0.138. The number of carbonyl (C=O) groups excluding carboxylic acids is 1. The maximum absolute atomic E-state index is 12.3. The molecule has 0 radical (unpaired) electrons. The van der Waals surface area contributed by atoms with E-state index in [-0.39, 0.29) is 23.1 Å². The number of carboxylic acids is 1. The molecule has 0 aliphatic rings. The number of hydrogen-bond donors (Lipinski definition) is 1. The minimum Gasteiger partial charge on any atom is -0.493 e. The van der Waals surface area contributed by atoms with Crippen LogP contribution in [0.25, 0.3) is 0 Å². The van der Waals surface area contributed by atoms with Gasteiger partial charge in [0.2, 0.25) is 0 Å². The van der Waals surface area contributed by atoms with E-state index < -0.39 is 25.0 Å². The molecule has 22 heavy (non-hydrogen) atoms. The minimum absolute atomic E-state index is 0.0369. The number of rotatable bonds is 7. The molecule has 122 valence electrons. The van der Waals surface area contributed by atoms with Gasteiger partial charge >= 0.3 is 12.6 Å². The largest absolute Gasteiger partial charge is 0.493 e. The van der Waals surface area contributed by atoms with E-state index in [1.165, 1.54) is 25.3 Å². The molecule has 1 aromatic carbocycles. The summed E-state index contributed by atoms with van der Waals surface area (Å²) in [7, 11) is 1.25. The van der Waals surface area contributed by atoms with Crippen molar-refractivity contribution in [1.82, 2.24) is 4.90 Å². The third-order valence-electron chi connectivity index (χ3n) is 2.82. The van der Waals surface area contributed by atoms with Crippen LogP contribution < -0.4 is 9.47 Å². The van der Waals surface area contributed by atoms with Gasteiger partial charge in [-0.2, -0.15) is 8.78 Å². The molecule has 0 aromatic heterocycles. The Morgan fingerprint density at radius 3 is 2.36 bits per heavy atom. The van der Waals surface area contributed by atoms with E-state index in [4.69, 9.17) is 9.84 Å². The number of benzene rings is 1. The second-order valence-electron chi connectivity index (χ2n) is 4.66. The van der Waals surface area contributed by atoms with Crippen LogP contribution in [-0.2, 0) is 4.79 Å². The van der Waals surface area contributed by atoms with Gasteiger partial charge < -0.3 is 19.5 Å². The molecule has 0 unspecified atom stereocenters. The zero-order valence-electron chi connectivity index (χ0n) is 12.4. The van der Waals surface area contributed by atoms with Crippen LogP contribution in [0.4, 0.5) is 8.78 Å². The summed E-state index contributed by atoms with van der Waals surface area (Å²) < 4.78 is 33.7. The molecule has 0 spiro atoms. The first kappa shape index (κ1) is 17.7. The zero-order valence-corrected chi connectivity index (χ0v) is 12.4. The van der Waals surface area contributed by atoms with Crippen LogP contribution in [0.3, 0.4) is 0 Å². The van der Waals surface area contributed by atoms with E-state index in [2.05, 4.69) is 4.74 Å². The highest BCUT2D eigenvalue weighted by Gasteiger charge is 2.23. The van der Waals surface area contributed by atoms with Crippen LogP contribution in [0.15, 0.2) is 18.2 Å². The van der Waals surface area contributed by atoms with E-state index in [1.807, 2.05) is 0 Å². The summed E-state index contributed by atoms with van der Waals surface area (Å²) in [6.45, 7) is -0.137. The van der Waals surface area contributed by atoms with Gasteiger partial charge in [-0.25, -0.2) is 0 Å². The normalized spacial score (nSPS) is 10.7. The molecule has 0 bridgehead atoms. The van der Waals surface area contributed by atoms with Gasteiger partial charge in [-0.3, -0.25) is 9.59 Å². The second-order valence-corrected chi connectivity index (χ2v) is 4.66. The molecular weight excluding hydrogens is 300 g/mol. The summed E-state index contributed by atoms with van der Waals surface area (Å²) in [5.41, 5.74) is 0.119. The van der Waals surface area contributed by atoms with Crippen molar-refractivity contribution >= 4 is 11.9 Å². The van der Waals surface area contributed by atoms with Gasteiger partial charge in [0.1, 0.15) is 6.54 Å². The lowest BCUT2D eigenvalue weighted by Gasteiger charge is -2.25. The Bertz CT molecular complexity index is 548. The predicted octanol–water partition coefficient (Wildman–Crippen LogP) is 2.23. The van der Waals surface area contributed by atoms with Crippen molar-refractivity contribution in [3.63, 3.8) is 0 Å². The lowest BCUT2D eigenvalue weighted by Crippen LogP contribution is -2.40. The molecular formula is C14H17F2NO5. The predicted molar refractivity (Wildman–Crippen MR) is 73.4 cm³/mol. The van der Waals surface area contributed by atoms with Gasteiger partial charge in [-0.15, -0.1) is 0 Å². The fourth-order valence-corrected chi connectivity index (χ4v) is 1.79. The first-order valence-electron chi connectivity index (χ1n) is 6.41. The number of carbonyl (C=O) groups is 2. The van der Waals surface area contributed by atoms with Crippen molar-refractivity contribution < 1.29 is 33.0 Å². The number of ether oxygens (including phenoxy) is 2. The molecule has 1 aromatic rings. The van der Waals surface area contributed by atoms with Crippen molar-refractivity contribution in [1.29, 1.82) is 0 Å². The quantitative estimate of drug-likeness (QED) is 0.834. The van der Waals surface area contributed by atoms with E-state index in [0.717, 1.165) is 4.90 Å². The molecule has 1 amide bonds. The molecule has 0 heterocycles. The van der Waals surface area contributed by atoms with E-state index in [1.54, 1.807) is 13.8 Å². The summed E-state index contributed by atoms with van der Waals surface area (Å²) in [6, 6.07) is 3.35. The van der Waals surface area contributed by atoms with E-state index >= 15 is 0 Å². The molecule has 8 heteroatoms. The minimum atomic E-state index is -3.02. The Kier molecular flexibility index (Phi) is 6.09. The third-order valence-corrected chi connectivity index (χ3v) is 2.82. The lowest BCUT2D eigenvalue weighted by atomic mass is 10.1. The summed E-state index contributed by atoms with van der Waals surface area (Å²) in [6.07, 6.45) is 0. The zero-order chi connectivity index (χ0) is 16.9. The highest BCUT2D eigenvalue weighted by Crippen LogP contribution is 2.30. The van der Waals surface area contributed by atoms with Crippen LogP contribution in [0, 0.1) is 0 Å². The number of carboxylic acid groups (broad SMARTS) is 1. The number of halogens is 2. The van der Waals surface area contributed by atoms with Crippen LogP contribution >= 0.6 is 0 Å². The van der Waals surface area contributed by atoms with Crippen LogP contribution in [0.5, 0.6) is 11.5 Å². The number of hydrogen-bond acceptors (Lipinski definition) is 4. The van der Waals surface area contributed by atoms with Gasteiger partial charge in [0, 0.05) is 11.6 Å². The standard InChI is InChI=1S/C14H17F2NO5/c1-8(2)17(7-12(18)19)13(20)9-4-5-10(22-14(15)16)11(6-9)21-3/h4-6,8,14H,7H2,1-3H3,(H,18,19). The summed E-state index contributed by atoms with van der Waals surface area (Å²) in [4.78, 5) is 24.3. The number of nitrogens with zero attached hydrogens (tertiary/aromatic N) is 1. The molecule has 0 fully saturated rings. The maximum atomic E-state index is 12.3. The highest BCUT2D eigenvalue weighted by molar-refractivity contribution is 5.96. The van der Waals surface area contributed by atoms with Crippen molar-refractivity contribution in [3.8, 4) is 11.5 Å². The van der Waals surface area contributed by atoms with Crippen LogP contribution in [0.2, 0.25) is 0 Å². The molecule has 1 N–H and O–H groups in total. The van der Waals surface area contributed by atoms with Crippen LogP contribution in [-0.4, -0.2) is 48.2 Å². The molecule has 1 rings (SSSR count). The summed E-state index contributed by atoms with van der Waals surface area (Å²) in [5.74, 6) is -1.93. The fourth-order valence-electron chi connectivity index (χ4n) is 1.79. The number of amides is 1. The first-order chi connectivity index (χ1) is 10.3. The Balaban J connectivity index is 3.09. The smallest absolute Gasteiger partial charge is 0.387 e. The molecule has 0 atom stereocenters. The van der Waals surface area contributed by atoms with Gasteiger partial charge in [-0.05, 0) is 32.0 Å². The maximum Gasteiger partial charge on any atom is 0.387 e. The number of aliphatic carboxylic acids is 1. The monoisotopic (exact) mass is 317 g/mol. The Labute approximate surface area is 126 Å². The van der Waals surface area contributed by atoms with Crippen molar-refractivity contribution in [2.24, 2.45) is 0 Å². The van der Waals surface area contributed by atoms with Crippen LogP contribution in [0.1, 0.15) is 24.2 Å². The Morgan fingerprint density at radius 1 is 1.27 bits per heavy atom. The van der Waals surface area contributed by atoms with Crippen molar-refractivity contribution in [2.45, 2.75) is 26.5 Å². The van der Waals surface area contributed by atoms with Crippen molar-refractivity contribution in [3.05, 3.63) is 23.8 Å². The third kappa shape index (κ3) is 4.57. The van der Waals surface area contributed by atoms with Gasteiger partial charge in [0.05, 0.1) is 7.11 Å². The Morgan fingerprint density at radius 2 is 1.91 bits per heavy atom. The van der Waals surface area contributed by atoms with Crippen molar-refractivity contribution in [2.75, 3.05) is 13.7 Å². The topological polar surface area (TPSA) is 76.1 Å². The second kappa shape index (κ2) is 7.58. The molecule has 0 saturated heterocycles. The average molecular weight is 317 g/mol. The SMILES string of the molecule is COc1cc(C(=O)N(CC(=O)O)C(C)C)ccc1OC(F)F.